The van der Waals surface area contributed by atoms with Gasteiger partial charge in [0.1, 0.15) is 5.75 Å². The van der Waals surface area contributed by atoms with Gasteiger partial charge in [-0.15, -0.1) is 13.2 Å². The summed E-state index contributed by atoms with van der Waals surface area (Å²) in [5, 5.41) is 8.44. The molecule has 0 fully saturated rings. The summed E-state index contributed by atoms with van der Waals surface area (Å²) >= 11 is 0. The maximum absolute atomic E-state index is 12.3. The number of ether oxygens (including phenoxy) is 2. The number of alkyl halides is 3. The summed E-state index contributed by atoms with van der Waals surface area (Å²) in [7, 11) is 0. The molecule has 0 N–H and O–H groups in total. The zero-order valence-corrected chi connectivity index (χ0v) is 18.9. The van der Waals surface area contributed by atoms with Crippen molar-refractivity contribution in [3.63, 3.8) is 0 Å². The topological polar surface area (TPSA) is 92.3 Å². The minimum absolute atomic E-state index is 0.175. The molecule has 0 unspecified atom stereocenters. The van der Waals surface area contributed by atoms with E-state index in [2.05, 4.69) is 20.0 Å². The van der Waals surface area contributed by atoms with Crippen molar-refractivity contribution in [2.24, 2.45) is 0 Å². The number of hydrogen-bond acceptors (Lipinski definition) is 7. The summed E-state index contributed by atoms with van der Waals surface area (Å²) in [6, 6.07) is 14.6. The van der Waals surface area contributed by atoms with Crippen molar-refractivity contribution in [2.75, 3.05) is 6.61 Å². The second kappa shape index (κ2) is 10.00. The van der Waals surface area contributed by atoms with E-state index in [1.165, 1.54) is 24.3 Å². The van der Waals surface area contributed by atoms with Crippen molar-refractivity contribution in [1.82, 2.24) is 19.9 Å². The van der Waals surface area contributed by atoms with E-state index in [1.54, 1.807) is 17.7 Å². The van der Waals surface area contributed by atoms with E-state index in [9.17, 15) is 18.0 Å². The highest BCUT2D eigenvalue weighted by atomic mass is 19.4. The van der Waals surface area contributed by atoms with Crippen molar-refractivity contribution in [3.8, 4) is 28.7 Å². The van der Waals surface area contributed by atoms with E-state index in [0.29, 0.717) is 24.4 Å². The maximum atomic E-state index is 12.3. The molecule has 11 heteroatoms. The number of rotatable bonds is 8. The Morgan fingerprint density at radius 2 is 1.83 bits per heavy atom. The van der Waals surface area contributed by atoms with E-state index in [-0.39, 0.29) is 29.9 Å². The van der Waals surface area contributed by atoms with E-state index in [1.807, 2.05) is 31.2 Å². The van der Waals surface area contributed by atoms with Gasteiger partial charge in [0.15, 0.2) is 5.69 Å². The molecule has 182 valence electrons. The van der Waals surface area contributed by atoms with Crippen molar-refractivity contribution < 1.29 is 32.0 Å². The monoisotopic (exact) mass is 486 g/mol. The second-order valence-corrected chi connectivity index (χ2v) is 7.63. The molecule has 0 aliphatic heterocycles. The van der Waals surface area contributed by atoms with Gasteiger partial charge in [0.05, 0.1) is 19.6 Å². The third-order valence-electron chi connectivity index (χ3n) is 4.95. The predicted octanol–water partition coefficient (Wildman–Crippen LogP) is 4.96. The molecule has 4 aromatic rings. The largest absolute Gasteiger partial charge is 0.573 e. The standard InChI is InChI=1S/C24H21F3N4O4/c1-3-33-21(32)13-16-5-4-6-17(12-16)14-31-15(2)11-20(29-31)23-28-22(30-35-23)18-7-9-19(10-8-18)34-24(25,26)27/h4-12H,3,13-14H2,1-2H3. The first-order chi connectivity index (χ1) is 16.7. The Kier molecular flexibility index (Phi) is 6.85. The summed E-state index contributed by atoms with van der Waals surface area (Å²) in [6.07, 6.45) is -4.57. The van der Waals surface area contributed by atoms with E-state index in [4.69, 9.17) is 9.26 Å². The van der Waals surface area contributed by atoms with Crippen LogP contribution in [-0.2, 0) is 22.5 Å². The number of esters is 1. The van der Waals surface area contributed by atoms with Crippen LogP contribution in [0.2, 0.25) is 0 Å². The smallest absolute Gasteiger partial charge is 0.466 e. The molecule has 35 heavy (non-hydrogen) atoms. The lowest BCUT2D eigenvalue weighted by Crippen LogP contribution is -2.16. The average molecular weight is 486 g/mol. The molecular weight excluding hydrogens is 465 g/mol. The average Bonchev–Trinajstić information content (AvgIpc) is 3.41. The molecule has 2 aromatic heterocycles. The van der Waals surface area contributed by atoms with Crippen LogP contribution in [0.15, 0.2) is 59.1 Å². The molecule has 0 spiro atoms. The van der Waals surface area contributed by atoms with Gasteiger partial charge < -0.3 is 14.0 Å². The number of carbonyl (C=O) groups is 1. The first-order valence-corrected chi connectivity index (χ1v) is 10.7. The minimum atomic E-state index is -4.76. The normalized spacial score (nSPS) is 11.5. The fraction of sp³-hybridized carbons (Fsp3) is 0.250. The molecule has 0 radical (unpaired) electrons. The number of aromatic nitrogens is 4. The first kappa shape index (κ1) is 24.0. The molecule has 8 nitrogen and oxygen atoms in total. The maximum Gasteiger partial charge on any atom is 0.573 e. The summed E-state index contributed by atoms with van der Waals surface area (Å²) < 4.78 is 53.0. The Hall–Kier alpha value is -4.15. The van der Waals surface area contributed by atoms with Crippen LogP contribution in [0.25, 0.3) is 23.0 Å². The Balaban J connectivity index is 1.47. The van der Waals surface area contributed by atoms with Gasteiger partial charge in [-0.25, -0.2) is 0 Å². The van der Waals surface area contributed by atoms with Crippen LogP contribution < -0.4 is 4.74 Å². The van der Waals surface area contributed by atoms with Gasteiger partial charge in [-0.1, -0.05) is 29.4 Å². The highest BCUT2D eigenvalue weighted by Crippen LogP contribution is 2.27. The summed E-state index contributed by atoms with van der Waals surface area (Å²) in [5.41, 5.74) is 3.57. The second-order valence-electron chi connectivity index (χ2n) is 7.63. The Labute approximate surface area is 198 Å². The van der Waals surface area contributed by atoms with Crippen LogP contribution in [0.5, 0.6) is 5.75 Å². The van der Waals surface area contributed by atoms with Gasteiger partial charge in [-0.05, 0) is 55.3 Å². The summed E-state index contributed by atoms with van der Waals surface area (Å²) in [6.45, 7) is 4.45. The number of hydrogen-bond donors (Lipinski definition) is 0. The quantitative estimate of drug-likeness (QED) is 0.325. The van der Waals surface area contributed by atoms with Gasteiger partial charge in [0, 0.05) is 11.3 Å². The summed E-state index contributed by atoms with van der Waals surface area (Å²) in [5.74, 6) is -0.242. The van der Waals surface area contributed by atoms with Gasteiger partial charge in [-0.2, -0.15) is 10.1 Å². The Bertz CT molecular complexity index is 1310. The Morgan fingerprint density at radius 3 is 2.54 bits per heavy atom. The molecular formula is C24H21F3N4O4. The van der Waals surface area contributed by atoms with Gasteiger partial charge >= 0.3 is 12.3 Å². The number of nitrogens with zero attached hydrogens (tertiary/aromatic N) is 4. The van der Waals surface area contributed by atoms with Crippen LogP contribution in [0, 0.1) is 6.92 Å². The molecule has 0 saturated carbocycles. The molecule has 0 atom stereocenters. The van der Waals surface area contributed by atoms with Crippen molar-refractivity contribution >= 4 is 5.97 Å². The molecule has 0 aliphatic carbocycles. The van der Waals surface area contributed by atoms with Gasteiger partial charge in [0.25, 0.3) is 5.89 Å². The highest BCUT2D eigenvalue weighted by molar-refractivity contribution is 5.72. The molecule has 0 aliphatic rings. The SMILES string of the molecule is CCOC(=O)Cc1cccc(Cn2nc(-c3nc(-c4ccc(OC(F)(F)F)cc4)no3)cc2C)c1. The molecule has 4 rings (SSSR count). The third kappa shape index (κ3) is 6.25. The fourth-order valence-electron chi connectivity index (χ4n) is 3.41. The van der Waals surface area contributed by atoms with Gasteiger partial charge in [-0.3, -0.25) is 9.48 Å². The fourth-order valence-corrected chi connectivity index (χ4v) is 3.41. The van der Waals surface area contributed by atoms with Crippen LogP contribution >= 0.6 is 0 Å². The van der Waals surface area contributed by atoms with Crippen molar-refractivity contribution in [3.05, 3.63) is 71.4 Å². The number of benzene rings is 2. The zero-order chi connectivity index (χ0) is 25.0. The number of carbonyl (C=O) groups excluding carboxylic acids is 1. The third-order valence-corrected chi connectivity index (χ3v) is 4.95. The predicted molar refractivity (Wildman–Crippen MR) is 118 cm³/mol. The summed E-state index contributed by atoms with van der Waals surface area (Å²) in [4.78, 5) is 16.1. The first-order valence-electron chi connectivity index (χ1n) is 10.7. The van der Waals surface area contributed by atoms with Crippen molar-refractivity contribution in [2.45, 2.75) is 33.2 Å². The number of halogens is 3. The zero-order valence-electron chi connectivity index (χ0n) is 18.9. The lowest BCUT2D eigenvalue weighted by molar-refractivity contribution is -0.274. The minimum Gasteiger partial charge on any atom is -0.466 e. The van der Waals surface area contributed by atoms with Crippen LogP contribution in [-0.4, -0.2) is 38.9 Å². The van der Waals surface area contributed by atoms with E-state index < -0.39 is 6.36 Å². The number of aryl methyl sites for hydroxylation is 1. The molecule has 2 aromatic carbocycles. The molecule has 0 amide bonds. The van der Waals surface area contributed by atoms with E-state index in [0.717, 1.165) is 16.8 Å². The van der Waals surface area contributed by atoms with Crippen molar-refractivity contribution in [1.29, 1.82) is 0 Å². The molecule has 2 heterocycles. The van der Waals surface area contributed by atoms with Crippen LogP contribution in [0.3, 0.4) is 0 Å². The lowest BCUT2D eigenvalue weighted by Gasteiger charge is -2.08. The molecule has 0 saturated heterocycles. The van der Waals surface area contributed by atoms with Crippen LogP contribution in [0.1, 0.15) is 23.7 Å². The van der Waals surface area contributed by atoms with Gasteiger partial charge in [0.2, 0.25) is 5.82 Å². The Morgan fingerprint density at radius 1 is 1.09 bits per heavy atom. The highest BCUT2D eigenvalue weighted by Gasteiger charge is 2.31. The van der Waals surface area contributed by atoms with Crippen LogP contribution in [0.4, 0.5) is 13.2 Å². The van der Waals surface area contributed by atoms with E-state index >= 15 is 0 Å². The molecule has 0 bridgehead atoms. The lowest BCUT2D eigenvalue weighted by atomic mass is 10.1.